The second-order valence-corrected chi connectivity index (χ2v) is 15.3. The van der Waals surface area contributed by atoms with Crippen molar-refractivity contribution in [2.45, 2.75) is 0 Å². The molecule has 0 aliphatic heterocycles. The van der Waals surface area contributed by atoms with Gasteiger partial charge >= 0.3 is 27.0 Å². The number of benzene rings is 7. The van der Waals surface area contributed by atoms with Crippen molar-refractivity contribution in [3.05, 3.63) is 224 Å². The predicted octanol–water partition coefficient (Wildman–Crippen LogP) is 10.1. The van der Waals surface area contributed by atoms with E-state index in [2.05, 4.69) is 234 Å². The van der Waals surface area contributed by atoms with Crippen LogP contribution in [0.1, 0.15) is 0 Å². The number of halogens is 1. The van der Waals surface area contributed by atoms with Gasteiger partial charge in [0.1, 0.15) is 0 Å². The van der Waals surface area contributed by atoms with Crippen LogP contribution in [0.4, 0.5) is 0 Å². The van der Waals surface area contributed by atoms with Gasteiger partial charge in [-0.3, -0.25) is 0 Å². The molecule has 0 bridgehead atoms. The van der Waals surface area contributed by atoms with E-state index in [0.29, 0.717) is 0 Å². The minimum Gasteiger partial charge on any atom is -0.168 e. The van der Waals surface area contributed by atoms with Crippen molar-refractivity contribution in [3.63, 3.8) is 0 Å². The van der Waals surface area contributed by atoms with Crippen molar-refractivity contribution in [3.8, 4) is 0 Å². The van der Waals surface area contributed by atoms with Crippen LogP contribution in [0, 0.1) is 0 Å². The fourth-order valence-electron chi connectivity index (χ4n) is 5.43. The van der Waals surface area contributed by atoms with E-state index < -0.39 is 15.8 Å². The SMILES string of the molecule is [Cl][Ru+].c1ccc(P(c2ccccc2)c2ccccc2)cc1.c1ccc(P(c2ccccc2)c2ccccc2)cc1.c1ccc2[cH-]ccc2c1. The Bertz CT molecular complexity index is 1680. The molecular formula is C45H37ClP2Ru. The average molecular weight is 776 g/mol. The third-order valence-corrected chi connectivity index (χ3v) is 12.5. The monoisotopic (exact) mass is 776 g/mol. The van der Waals surface area contributed by atoms with Gasteiger partial charge < -0.3 is 0 Å². The van der Waals surface area contributed by atoms with E-state index in [1.54, 1.807) is 0 Å². The van der Waals surface area contributed by atoms with Crippen LogP contribution in [0.15, 0.2) is 224 Å². The van der Waals surface area contributed by atoms with Crippen LogP contribution < -0.4 is 31.8 Å². The van der Waals surface area contributed by atoms with E-state index in [0.717, 1.165) is 0 Å². The summed E-state index contributed by atoms with van der Waals surface area (Å²) in [5, 5.41) is 11.1. The Morgan fingerprint density at radius 3 is 0.816 bits per heavy atom. The Labute approximate surface area is 308 Å². The fraction of sp³-hybridized carbons (Fsp3) is 0. The third kappa shape index (κ3) is 10.7. The molecule has 8 rings (SSSR count). The first-order valence-corrected chi connectivity index (χ1v) is 20.9. The summed E-state index contributed by atoms with van der Waals surface area (Å²) in [4.78, 5) is 0. The summed E-state index contributed by atoms with van der Waals surface area (Å²) in [7, 11) is 3.68. The molecule has 4 heteroatoms. The summed E-state index contributed by atoms with van der Waals surface area (Å²) in [5.74, 6) is 0. The molecule has 0 unspecified atom stereocenters. The molecule has 0 aliphatic carbocycles. The molecule has 0 heterocycles. The first-order valence-electron chi connectivity index (χ1n) is 16.0. The van der Waals surface area contributed by atoms with E-state index >= 15 is 0 Å². The van der Waals surface area contributed by atoms with Gasteiger partial charge in [-0.2, -0.15) is 17.5 Å². The quantitative estimate of drug-likeness (QED) is 0.0897. The van der Waals surface area contributed by atoms with Crippen LogP contribution in [0.25, 0.3) is 10.8 Å². The molecule has 0 aromatic heterocycles. The summed E-state index contributed by atoms with van der Waals surface area (Å²) in [5.41, 5.74) is 0. The summed E-state index contributed by atoms with van der Waals surface area (Å²) in [6.45, 7) is 0. The average Bonchev–Trinajstić information content (AvgIpc) is 3.68. The van der Waals surface area contributed by atoms with E-state index in [9.17, 15) is 0 Å². The molecule has 0 fully saturated rings. The first-order chi connectivity index (χ1) is 24.4. The Morgan fingerprint density at radius 2 is 0.551 bits per heavy atom. The van der Waals surface area contributed by atoms with E-state index in [1.165, 1.54) is 42.6 Å². The van der Waals surface area contributed by atoms with Gasteiger partial charge in [-0.1, -0.05) is 188 Å². The third-order valence-electron chi connectivity index (χ3n) is 7.63. The number of hydrogen-bond donors (Lipinski definition) is 0. The molecule has 49 heavy (non-hydrogen) atoms. The molecule has 8 aromatic carbocycles. The standard InChI is InChI=1S/2C18H15P.C9H7.ClH.Ru/c2*1-4-10-16(11-5-1)19(17-12-6-2-7-13-17)18-14-8-3-9-15-18;1-2-5-9-7-3-6-8(9)4-1;;/h2*1-15H;1-7H;1H;/q;;-1;;+2/p-1. The molecule has 0 nitrogen and oxygen atoms in total. The molecule has 0 amide bonds. The molecule has 0 radical (unpaired) electrons. The number of rotatable bonds is 6. The van der Waals surface area contributed by atoms with Crippen molar-refractivity contribution in [2.24, 2.45) is 0 Å². The summed E-state index contributed by atoms with van der Waals surface area (Å²) >= 11 is 1.82. The zero-order valence-electron chi connectivity index (χ0n) is 27.0. The van der Waals surface area contributed by atoms with Crippen molar-refractivity contribution in [1.82, 2.24) is 0 Å². The Balaban J connectivity index is 0.000000148. The van der Waals surface area contributed by atoms with Gasteiger partial charge in [0.15, 0.2) is 0 Å². The topological polar surface area (TPSA) is 0 Å². The summed E-state index contributed by atoms with van der Waals surface area (Å²) < 4.78 is 0. The summed E-state index contributed by atoms with van der Waals surface area (Å²) in [6.07, 6.45) is 0. The minimum absolute atomic E-state index is 0.446. The van der Waals surface area contributed by atoms with E-state index in [1.807, 2.05) is 17.3 Å². The molecule has 0 saturated carbocycles. The molecule has 0 spiro atoms. The zero-order chi connectivity index (χ0) is 33.9. The Morgan fingerprint density at radius 1 is 0.306 bits per heavy atom. The van der Waals surface area contributed by atoms with Gasteiger partial charge in [0, 0.05) is 0 Å². The Kier molecular flexibility index (Phi) is 15.1. The number of hydrogen-bond acceptors (Lipinski definition) is 0. The van der Waals surface area contributed by atoms with Crippen molar-refractivity contribution in [2.75, 3.05) is 0 Å². The molecule has 242 valence electrons. The normalized spacial score (nSPS) is 10.2. The summed E-state index contributed by atoms with van der Waals surface area (Å²) in [6, 6.07) is 79.3. The van der Waals surface area contributed by atoms with E-state index in [4.69, 9.17) is 0 Å². The zero-order valence-corrected chi connectivity index (χ0v) is 31.3. The van der Waals surface area contributed by atoms with Gasteiger partial charge in [-0.25, -0.2) is 0 Å². The van der Waals surface area contributed by atoms with Crippen LogP contribution >= 0.6 is 25.5 Å². The first kappa shape index (κ1) is 36.2. The maximum atomic E-state index is 4.57. The maximum Gasteiger partial charge on any atom is -0.0134 e. The van der Waals surface area contributed by atoms with Crippen LogP contribution in [0.3, 0.4) is 0 Å². The molecule has 0 N–H and O–H groups in total. The Hall–Kier alpha value is -4.08. The smallest absolute Gasteiger partial charge is 0.0134 e. The molecule has 0 atom stereocenters. The van der Waals surface area contributed by atoms with Gasteiger partial charge in [0.2, 0.25) is 0 Å². The van der Waals surface area contributed by atoms with Crippen molar-refractivity contribution >= 4 is 68.1 Å². The van der Waals surface area contributed by atoms with Gasteiger partial charge in [0.25, 0.3) is 0 Å². The predicted molar refractivity (Wildman–Crippen MR) is 216 cm³/mol. The van der Waals surface area contributed by atoms with Crippen LogP contribution in [-0.2, 0) is 17.3 Å². The molecule has 0 saturated heterocycles. The maximum absolute atomic E-state index is 4.57. The van der Waals surface area contributed by atoms with Crippen LogP contribution in [0.2, 0.25) is 0 Å². The second-order valence-electron chi connectivity index (χ2n) is 10.8. The van der Waals surface area contributed by atoms with Gasteiger partial charge in [-0.05, 0) is 47.7 Å². The largest absolute Gasteiger partial charge is 0.168 e. The van der Waals surface area contributed by atoms with Crippen LogP contribution in [0.5, 0.6) is 0 Å². The van der Waals surface area contributed by atoms with Gasteiger partial charge in [-0.15, -0.1) is 29.7 Å². The van der Waals surface area contributed by atoms with Gasteiger partial charge in [0.05, 0.1) is 0 Å². The van der Waals surface area contributed by atoms with Crippen molar-refractivity contribution < 1.29 is 17.3 Å². The van der Waals surface area contributed by atoms with Crippen LogP contribution in [-0.4, -0.2) is 0 Å². The van der Waals surface area contributed by atoms with Crippen molar-refractivity contribution in [1.29, 1.82) is 0 Å². The molecule has 8 aromatic rings. The fourth-order valence-corrected chi connectivity index (χ4v) is 10.0. The second kappa shape index (κ2) is 20.4. The minimum atomic E-state index is -0.446. The molecular weight excluding hydrogens is 739 g/mol. The molecule has 0 aliphatic rings. The van der Waals surface area contributed by atoms with E-state index in [-0.39, 0.29) is 0 Å². The number of fused-ring (bicyclic) bond motifs is 1.